The molecule has 7 aliphatic rings. The molecule has 1 saturated heterocycles. The third kappa shape index (κ3) is 5.80. The van der Waals surface area contributed by atoms with Crippen molar-refractivity contribution in [2.45, 2.75) is 141 Å². The van der Waals surface area contributed by atoms with E-state index in [2.05, 4.69) is 36.9 Å². The minimum absolute atomic E-state index is 0.0507. The standard InChI is InChI=1S/C42H63N3O4/c1-27(46)33-15-16-34-32-14-13-31-24-38(47)37(25-42(31,3)35(32)17-18-41(33,34)2)43-19-21-44(22-20-43)40(49)36-23-29-11-7-8-12-30(29)26-45(36)39(48)28-9-5-4-6-10-28/h7-8,11-12,27-28,31-38,46-47H,4-6,9-10,13-26H2,1-3H3/t27-,31+,32+,33-,34+,35+,36+,37+,38+,41-,42+/m1/s1. The van der Waals surface area contributed by atoms with E-state index in [4.69, 9.17) is 0 Å². The van der Waals surface area contributed by atoms with Gasteiger partial charge in [0.15, 0.2) is 0 Å². The van der Waals surface area contributed by atoms with Crippen molar-refractivity contribution in [3.05, 3.63) is 35.4 Å². The molecule has 5 saturated carbocycles. The van der Waals surface area contributed by atoms with Crippen LogP contribution >= 0.6 is 0 Å². The van der Waals surface area contributed by atoms with Crippen molar-refractivity contribution >= 4 is 11.8 Å². The molecule has 11 atom stereocenters. The normalized spacial score (nSPS) is 42.1. The molecule has 7 heteroatoms. The second-order valence-electron chi connectivity index (χ2n) is 18.4. The number of rotatable bonds is 4. The highest BCUT2D eigenvalue weighted by atomic mass is 16.3. The van der Waals surface area contributed by atoms with Gasteiger partial charge in [-0.25, -0.2) is 0 Å². The minimum Gasteiger partial charge on any atom is -0.393 e. The van der Waals surface area contributed by atoms with Crippen LogP contribution in [0.1, 0.15) is 115 Å². The number of carbonyl (C=O) groups excluding carboxylic acids is 2. The number of hydrogen-bond donors (Lipinski definition) is 2. The van der Waals surface area contributed by atoms with E-state index in [1.165, 1.54) is 56.1 Å². The summed E-state index contributed by atoms with van der Waals surface area (Å²) in [6.45, 7) is 10.5. The maximum absolute atomic E-state index is 14.3. The molecule has 2 N–H and O–H groups in total. The predicted molar refractivity (Wildman–Crippen MR) is 191 cm³/mol. The lowest BCUT2D eigenvalue weighted by Crippen LogP contribution is -2.63. The van der Waals surface area contributed by atoms with E-state index in [1.54, 1.807) is 0 Å². The van der Waals surface area contributed by atoms with Gasteiger partial charge in [-0.3, -0.25) is 14.5 Å². The van der Waals surface area contributed by atoms with Crippen molar-refractivity contribution in [2.24, 2.45) is 46.3 Å². The molecule has 49 heavy (non-hydrogen) atoms. The van der Waals surface area contributed by atoms with Gasteiger partial charge >= 0.3 is 0 Å². The predicted octanol–water partition coefficient (Wildman–Crippen LogP) is 6.04. The first-order valence-corrected chi connectivity index (χ1v) is 20.3. The first-order chi connectivity index (χ1) is 23.6. The van der Waals surface area contributed by atoms with Crippen molar-refractivity contribution in [3.63, 3.8) is 0 Å². The van der Waals surface area contributed by atoms with E-state index in [-0.39, 0.29) is 46.8 Å². The maximum atomic E-state index is 14.3. The summed E-state index contributed by atoms with van der Waals surface area (Å²) in [6.07, 6.45) is 14.8. The fourth-order valence-corrected chi connectivity index (χ4v) is 13.5. The fourth-order valence-electron chi connectivity index (χ4n) is 13.5. The molecule has 2 aliphatic heterocycles. The Labute approximate surface area is 295 Å². The van der Waals surface area contributed by atoms with Crippen LogP contribution < -0.4 is 0 Å². The molecule has 0 spiro atoms. The summed E-state index contributed by atoms with van der Waals surface area (Å²) in [5.74, 6) is 3.54. The Morgan fingerprint density at radius 3 is 2.29 bits per heavy atom. The van der Waals surface area contributed by atoms with E-state index in [0.717, 1.165) is 63.5 Å². The molecule has 0 aromatic heterocycles. The topological polar surface area (TPSA) is 84.3 Å². The SMILES string of the molecule is C[C@@H](O)[C@H]1CC[C@H]2[C@@H]3CC[C@H]4C[C@H](O)[C@@H](N5CCN(C(=O)[C@@H]6Cc7ccccc7CN6C(=O)C6CCCCC6)CC5)C[C@]4(C)[C@H]3CC[C@]12C. The van der Waals surface area contributed by atoms with Gasteiger partial charge in [-0.15, -0.1) is 0 Å². The maximum Gasteiger partial charge on any atom is 0.245 e. The second-order valence-corrected chi connectivity index (χ2v) is 18.4. The number of carbonyl (C=O) groups is 2. The van der Waals surface area contributed by atoms with E-state index >= 15 is 0 Å². The third-order valence-electron chi connectivity index (χ3n) is 16.2. The van der Waals surface area contributed by atoms with Crippen LogP contribution in [-0.4, -0.2) is 87.2 Å². The van der Waals surface area contributed by atoms with Crippen LogP contribution in [0.25, 0.3) is 0 Å². The molecule has 8 rings (SSSR count). The lowest BCUT2D eigenvalue weighted by atomic mass is 9.44. The number of piperazine rings is 1. The lowest BCUT2D eigenvalue weighted by molar-refractivity contribution is -0.158. The second kappa shape index (κ2) is 13.2. The molecular weight excluding hydrogens is 610 g/mol. The van der Waals surface area contributed by atoms with Crippen LogP contribution in [-0.2, 0) is 22.6 Å². The first kappa shape index (κ1) is 34.1. The highest BCUT2D eigenvalue weighted by molar-refractivity contribution is 5.89. The molecule has 7 nitrogen and oxygen atoms in total. The van der Waals surface area contributed by atoms with E-state index in [0.29, 0.717) is 43.8 Å². The summed E-state index contributed by atoms with van der Waals surface area (Å²) in [7, 11) is 0. The Balaban J connectivity index is 0.946. The van der Waals surface area contributed by atoms with Gasteiger partial charge < -0.3 is 20.0 Å². The van der Waals surface area contributed by atoms with Gasteiger partial charge in [0.05, 0.1) is 12.2 Å². The number of aliphatic hydroxyl groups is 2. The summed E-state index contributed by atoms with van der Waals surface area (Å²) in [5.41, 5.74) is 2.89. The summed E-state index contributed by atoms with van der Waals surface area (Å²) in [6, 6.07) is 8.08. The Hall–Kier alpha value is -1.96. The van der Waals surface area contributed by atoms with Gasteiger partial charge in [-0.1, -0.05) is 57.4 Å². The molecule has 1 aromatic rings. The molecule has 0 bridgehead atoms. The number of fused-ring (bicyclic) bond motifs is 6. The van der Waals surface area contributed by atoms with Crippen LogP contribution in [0.2, 0.25) is 0 Å². The molecule has 6 fully saturated rings. The average Bonchev–Trinajstić information content (AvgIpc) is 3.48. The Morgan fingerprint density at radius 2 is 1.55 bits per heavy atom. The van der Waals surface area contributed by atoms with E-state index in [1.807, 2.05) is 22.8 Å². The molecule has 2 amide bonds. The number of aliphatic hydroxyl groups excluding tert-OH is 2. The van der Waals surface area contributed by atoms with Crippen molar-refractivity contribution in [3.8, 4) is 0 Å². The molecule has 0 unspecified atom stereocenters. The molecule has 0 radical (unpaired) electrons. The van der Waals surface area contributed by atoms with Crippen LogP contribution in [0.5, 0.6) is 0 Å². The van der Waals surface area contributed by atoms with Crippen LogP contribution in [0, 0.1) is 46.3 Å². The monoisotopic (exact) mass is 673 g/mol. The molecular formula is C42H63N3O4. The van der Waals surface area contributed by atoms with Gasteiger partial charge in [0.1, 0.15) is 6.04 Å². The quantitative estimate of drug-likeness (QED) is 0.407. The Bertz CT molecular complexity index is 1390. The van der Waals surface area contributed by atoms with Gasteiger partial charge in [0, 0.05) is 51.1 Å². The van der Waals surface area contributed by atoms with Gasteiger partial charge in [-0.2, -0.15) is 0 Å². The lowest BCUT2D eigenvalue weighted by Gasteiger charge is -2.63. The van der Waals surface area contributed by atoms with Gasteiger partial charge in [0.25, 0.3) is 0 Å². The van der Waals surface area contributed by atoms with Crippen LogP contribution in [0.15, 0.2) is 24.3 Å². The van der Waals surface area contributed by atoms with Gasteiger partial charge in [-0.05, 0) is 123 Å². The number of amides is 2. The average molecular weight is 674 g/mol. The van der Waals surface area contributed by atoms with Crippen LogP contribution in [0.4, 0.5) is 0 Å². The Kier molecular flexibility index (Phi) is 9.21. The molecule has 270 valence electrons. The van der Waals surface area contributed by atoms with Gasteiger partial charge in [0.2, 0.25) is 11.8 Å². The smallest absolute Gasteiger partial charge is 0.245 e. The third-order valence-corrected chi connectivity index (χ3v) is 16.2. The zero-order valence-corrected chi connectivity index (χ0v) is 30.6. The molecule has 2 heterocycles. The summed E-state index contributed by atoms with van der Waals surface area (Å²) in [5, 5.41) is 22.3. The van der Waals surface area contributed by atoms with Crippen molar-refractivity contribution in [1.82, 2.24) is 14.7 Å². The summed E-state index contributed by atoms with van der Waals surface area (Å²) < 4.78 is 0. The summed E-state index contributed by atoms with van der Waals surface area (Å²) in [4.78, 5) is 34.8. The van der Waals surface area contributed by atoms with Crippen molar-refractivity contribution < 1.29 is 19.8 Å². The highest BCUT2D eigenvalue weighted by Gasteiger charge is 2.62. The zero-order valence-electron chi connectivity index (χ0n) is 30.6. The Morgan fingerprint density at radius 1 is 0.837 bits per heavy atom. The van der Waals surface area contributed by atoms with E-state index < -0.39 is 6.04 Å². The largest absolute Gasteiger partial charge is 0.393 e. The number of hydrogen-bond acceptors (Lipinski definition) is 5. The number of benzene rings is 1. The minimum atomic E-state index is -0.420. The molecule has 5 aliphatic carbocycles. The van der Waals surface area contributed by atoms with E-state index in [9.17, 15) is 19.8 Å². The first-order valence-electron chi connectivity index (χ1n) is 20.3. The molecule has 1 aromatic carbocycles. The number of nitrogens with zero attached hydrogens (tertiary/aromatic N) is 3. The summed E-state index contributed by atoms with van der Waals surface area (Å²) >= 11 is 0. The van der Waals surface area contributed by atoms with Crippen molar-refractivity contribution in [1.29, 1.82) is 0 Å². The highest BCUT2D eigenvalue weighted by Crippen LogP contribution is 2.68. The van der Waals surface area contributed by atoms with Crippen LogP contribution in [0.3, 0.4) is 0 Å². The van der Waals surface area contributed by atoms with Crippen molar-refractivity contribution in [2.75, 3.05) is 26.2 Å². The fraction of sp³-hybridized carbons (Fsp3) is 0.810. The zero-order chi connectivity index (χ0) is 34.1.